The van der Waals surface area contributed by atoms with E-state index in [4.69, 9.17) is 9.79 Å². The predicted molar refractivity (Wildman–Crippen MR) is 129 cm³/mol. The molecule has 4 rings (SSSR count). The third-order valence-corrected chi connectivity index (χ3v) is 18.7. The Morgan fingerprint density at radius 3 is 1.23 bits per heavy atom. The van der Waals surface area contributed by atoms with Crippen molar-refractivity contribution in [3.8, 4) is 0 Å². The van der Waals surface area contributed by atoms with E-state index in [0.29, 0.717) is 0 Å². The molecule has 0 bridgehead atoms. The third-order valence-electron chi connectivity index (χ3n) is 5.04. The van der Waals surface area contributed by atoms with Crippen LogP contribution in [0.3, 0.4) is 0 Å². The fourth-order valence-corrected chi connectivity index (χ4v) is 15.5. The summed E-state index contributed by atoms with van der Waals surface area (Å²) in [5.74, 6) is 0. The first-order valence-electron chi connectivity index (χ1n) is 10.4. The van der Waals surface area contributed by atoms with Crippen LogP contribution in [0.25, 0.3) is 0 Å². The Balaban J connectivity index is 0.000000327. The van der Waals surface area contributed by atoms with Gasteiger partial charge >= 0.3 is 211 Å². The molecule has 0 atom stereocenters. The third kappa shape index (κ3) is 8.17. The zero-order chi connectivity index (χ0) is 25.4. The predicted octanol–water partition coefficient (Wildman–Crippen LogP) is 2.07. The molecule has 0 aromatic heterocycles. The van der Waals surface area contributed by atoms with Crippen LogP contribution in [-0.2, 0) is 36.5 Å². The summed E-state index contributed by atoms with van der Waals surface area (Å²) in [4.78, 5) is 15.4. The van der Waals surface area contributed by atoms with E-state index in [1.165, 1.54) is 18.6 Å². The van der Waals surface area contributed by atoms with Gasteiger partial charge in [-0.1, -0.05) is 0 Å². The zero-order valence-electron chi connectivity index (χ0n) is 18.5. The second-order valence-electron chi connectivity index (χ2n) is 7.43. The summed E-state index contributed by atoms with van der Waals surface area (Å²) >= 11 is -9.07. The normalized spacial score (nSPS) is 11.9. The van der Waals surface area contributed by atoms with E-state index in [-0.39, 0.29) is 0 Å². The molecule has 0 amide bonds. The van der Waals surface area contributed by atoms with Gasteiger partial charge < -0.3 is 0 Å². The van der Waals surface area contributed by atoms with Crippen molar-refractivity contribution in [2.45, 2.75) is 5.21 Å². The first-order chi connectivity index (χ1) is 16.6. The van der Waals surface area contributed by atoms with Gasteiger partial charge in [-0.05, 0) is 0 Å². The van der Waals surface area contributed by atoms with Gasteiger partial charge in [0.1, 0.15) is 0 Å². The van der Waals surface area contributed by atoms with Gasteiger partial charge in [0, 0.05) is 0 Å². The maximum absolute atomic E-state index is 9.57. The van der Waals surface area contributed by atoms with E-state index in [2.05, 4.69) is 125 Å². The number of rotatable bonds is 7. The summed E-state index contributed by atoms with van der Waals surface area (Å²) in [5, 5.41) is 1.09. The van der Waals surface area contributed by atoms with E-state index in [1.54, 1.807) is 0 Å². The Labute approximate surface area is 210 Å². The molecule has 0 spiro atoms. The SMILES string of the molecule is O=P(O)(O)[O][W](=[O])(=[O])[O-].c1ccc(C[As+](c2ccccc2)(c2ccccc2)c2ccccc2)cc1. The van der Waals surface area contributed by atoms with Crippen molar-refractivity contribution in [1.29, 1.82) is 0 Å². The van der Waals surface area contributed by atoms with E-state index in [1.807, 2.05) is 0 Å². The minimum absolute atomic E-state index is 1.09. The molecule has 0 aliphatic carbocycles. The molecule has 0 radical (unpaired) electrons. The Hall–Kier alpha value is -2.20. The number of hydrogen-bond donors (Lipinski definition) is 2. The van der Waals surface area contributed by atoms with Crippen LogP contribution in [0.15, 0.2) is 121 Å². The topological polar surface area (TPSA) is 124 Å². The second-order valence-corrected chi connectivity index (χ2v) is 20.4. The molecule has 0 fully saturated rings. The van der Waals surface area contributed by atoms with Crippen molar-refractivity contribution < 1.29 is 44.8 Å². The van der Waals surface area contributed by atoms with Gasteiger partial charge in [0.25, 0.3) is 0 Å². The number of phosphoric acid groups is 1. The fraction of sp³-hybridized carbons (Fsp3) is 0.0400. The van der Waals surface area contributed by atoms with Crippen molar-refractivity contribution in [3.05, 3.63) is 127 Å². The number of benzene rings is 4. The van der Waals surface area contributed by atoms with Crippen molar-refractivity contribution >= 4 is 34.4 Å². The summed E-state index contributed by atoms with van der Waals surface area (Å²) in [6.45, 7) is 0. The summed E-state index contributed by atoms with van der Waals surface area (Å²) in [7, 11) is -5.13. The van der Waals surface area contributed by atoms with Crippen molar-refractivity contribution in [3.63, 3.8) is 0 Å². The molecule has 2 N–H and O–H groups in total. The second kappa shape index (κ2) is 12.2. The molecule has 0 aliphatic rings. The van der Waals surface area contributed by atoms with Crippen molar-refractivity contribution in [1.82, 2.24) is 0 Å². The zero-order valence-corrected chi connectivity index (χ0v) is 24.2. The van der Waals surface area contributed by atoms with Crippen LogP contribution in [0.4, 0.5) is 0 Å². The molecule has 182 valence electrons. The first-order valence-corrected chi connectivity index (χ1v) is 20.9. The minimum atomic E-state index is -6.44. The van der Waals surface area contributed by atoms with Crippen LogP contribution >= 0.6 is 7.82 Å². The van der Waals surface area contributed by atoms with Gasteiger partial charge in [-0.25, -0.2) is 0 Å². The molecule has 7 nitrogen and oxygen atoms in total. The molecule has 35 heavy (non-hydrogen) atoms. The summed E-state index contributed by atoms with van der Waals surface area (Å²) in [6.07, 6.45) is 0. The van der Waals surface area contributed by atoms with Crippen molar-refractivity contribution in [2.75, 3.05) is 0 Å². The van der Waals surface area contributed by atoms with Crippen LogP contribution in [0.5, 0.6) is 0 Å². The summed E-state index contributed by atoms with van der Waals surface area (Å²) in [6, 6.07) is 44.4. The van der Waals surface area contributed by atoms with Gasteiger partial charge in [-0.3, -0.25) is 0 Å². The maximum atomic E-state index is 9.57. The molecular formula is C25H24AsO7PW. The monoisotopic (exact) mass is 726 g/mol. The molecule has 0 heterocycles. The molecule has 0 saturated carbocycles. The van der Waals surface area contributed by atoms with Crippen LogP contribution in [0.2, 0.25) is 0 Å². The van der Waals surface area contributed by atoms with Crippen LogP contribution in [-0.4, -0.2) is 23.3 Å². The average molecular weight is 726 g/mol. The Morgan fingerprint density at radius 2 is 0.971 bits per heavy atom. The summed E-state index contributed by atoms with van der Waals surface area (Å²) < 4.78 is 45.4. The Morgan fingerprint density at radius 1 is 0.657 bits per heavy atom. The molecule has 0 saturated heterocycles. The first kappa shape index (κ1) is 27.4. The quantitative estimate of drug-likeness (QED) is 0.221. The van der Waals surface area contributed by atoms with E-state index < -0.39 is 38.1 Å². The van der Waals surface area contributed by atoms with Crippen molar-refractivity contribution in [2.24, 2.45) is 0 Å². The summed E-state index contributed by atoms with van der Waals surface area (Å²) in [5.41, 5.74) is 1.41. The standard InChI is InChI=1S/C25H22As.H3O4P.3O.W/c1-5-13-22(14-6-1)21-26(23-15-7-2-8-16-23,24-17-9-3-10-18-24)25-19-11-4-12-20-25;1-5(2,3)4;;;;/h1-20H,21H2;(H3,1,2,3,4);;;;/q+1;;;;-1;+1/p-1. The Bertz CT molecular complexity index is 1250. The Kier molecular flexibility index (Phi) is 9.52. The van der Waals surface area contributed by atoms with Gasteiger partial charge in [-0.15, -0.1) is 0 Å². The fourth-order valence-electron chi connectivity index (χ4n) is 3.74. The molecule has 0 aliphatic heterocycles. The van der Waals surface area contributed by atoms with Gasteiger partial charge in [0.2, 0.25) is 0 Å². The van der Waals surface area contributed by atoms with E-state index in [0.717, 1.165) is 5.21 Å². The van der Waals surface area contributed by atoms with Crippen LogP contribution in [0.1, 0.15) is 5.56 Å². The number of hydrogen-bond acceptors (Lipinski definition) is 5. The van der Waals surface area contributed by atoms with Gasteiger partial charge in [0.05, 0.1) is 0 Å². The molecule has 10 heteroatoms. The molecule has 0 unspecified atom stereocenters. The van der Waals surface area contributed by atoms with E-state index >= 15 is 0 Å². The van der Waals surface area contributed by atoms with Gasteiger partial charge in [0.15, 0.2) is 0 Å². The average Bonchev–Trinajstić information content (AvgIpc) is 2.83. The van der Waals surface area contributed by atoms with Crippen LogP contribution in [0, 0.1) is 0 Å². The molecular weight excluding hydrogens is 702 g/mol. The molecule has 4 aromatic rings. The molecule has 4 aromatic carbocycles. The van der Waals surface area contributed by atoms with E-state index in [9.17, 15) is 15.1 Å². The van der Waals surface area contributed by atoms with Crippen LogP contribution < -0.4 is 16.8 Å². The van der Waals surface area contributed by atoms with Gasteiger partial charge in [-0.2, -0.15) is 0 Å².